The predicted molar refractivity (Wildman–Crippen MR) is 47.8 cm³/mol. The van der Waals surface area contributed by atoms with Gasteiger partial charge in [-0.3, -0.25) is 4.68 Å². The van der Waals surface area contributed by atoms with Crippen molar-refractivity contribution in [2.45, 2.75) is 19.3 Å². The molecule has 3 nitrogen and oxygen atoms in total. The Labute approximate surface area is 72.6 Å². The number of nitrogens with two attached hydrogens (primary N) is 1. The molecule has 3 heteroatoms. The van der Waals surface area contributed by atoms with Crippen molar-refractivity contribution in [2.24, 2.45) is 18.7 Å². The minimum atomic E-state index is 0.674. The van der Waals surface area contributed by atoms with Gasteiger partial charge in [0.15, 0.2) is 0 Å². The van der Waals surface area contributed by atoms with Crippen molar-refractivity contribution in [1.82, 2.24) is 9.78 Å². The predicted octanol–water partition coefficient (Wildman–Crippen LogP) is 0.484. The average Bonchev–Trinajstić information content (AvgIpc) is 2.47. The first-order valence-corrected chi connectivity index (χ1v) is 4.51. The fraction of sp³-hybridized carbons (Fsp3) is 0.667. The summed E-state index contributed by atoms with van der Waals surface area (Å²) in [6, 6.07) is 0. The molecule has 0 bridgehead atoms. The molecule has 12 heavy (non-hydrogen) atoms. The SMILES string of the molecule is Cn1ncc2c1CC(CN)CC2. The molecule has 0 saturated carbocycles. The van der Waals surface area contributed by atoms with Crippen LogP contribution in [0.2, 0.25) is 0 Å². The Balaban J connectivity index is 2.26. The molecule has 0 radical (unpaired) electrons. The van der Waals surface area contributed by atoms with Gasteiger partial charge in [0.1, 0.15) is 0 Å². The summed E-state index contributed by atoms with van der Waals surface area (Å²) in [4.78, 5) is 0. The fourth-order valence-electron chi connectivity index (χ4n) is 1.92. The van der Waals surface area contributed by atoms with Gasteiger partial charge in [-0.25, -0.2) is 0 Å². The molecule has 0 saturated heterocycles. The summed E-state index contributed by atoms with van der Waals surface area (Å²) in [6.45, 7) is 0.810. The van der Waals surface area contributed by atoms with Gasteiger partial charge in [0, 0.05) is 12.7 Å². The number of hydrogen-bond acceptors (Lipinski definition) is 2. The lowest BCUT2D eigenvalue weighted by Gasteiger charge is -2.20. The van der Waals surface area contributed by atoms with E-state index in [2.05, 4.69) is 5.10 Å². The quantitative estimate of drug-likeness (QED) is 0.658. The van der Waals surface area contributed by atoms with Crippen molar-refractivity contribution < 1.29 is 0 Å². The van der Waals surface area contributed by atoms with Crippen molar-refractivity contribution in [3.63, 3.8) is 0 Å². The summed E-state index contributed by atoms with van der Waals surface area (Å²) < 4.78 is 1.98. The summed E-state index contributed by atoms with van der Waals surface area (Å²) in [5.41, 5.74) is 8.45. The molecule has 1 atom stereocenters. The van der Waals surface area contributed by atoms with E-state index in [9.17, 15) is 0 Å². The Bertz CT molecular complexity index is 277. The third-order valence-corrected chi connectivity index (χ3v) is 2.79. The first-order valence-electron chi connectivity index (χ1n) is 4.51. The maximum atomic E-state index is 5.65. The van der Waals surface area contributed by atoms with Gasteiger partial charge in [0.2, 0.25) is 0 Å². The lowest BCUT2D eigenvalue weighted by Crippen LogP contribution is -2.23. The van der Waals surface area contributed by atoms with Gasteiger partial charge in [0.25, 0.3) is 0 Å². The van der Waals surface area contributed by atoms with E-state index in [4.69, 9.17) is 5.73 Å². The molecule has 1 aromatic rings. The molecule has 0 aliphatic heterocycles. The van der Waals surface area contributed by atoms with Crippen molar-refractivity contribution >= 4 is 0 Å². The maximum absolute atomic E-state index is 5.65. The van der Waals surface area contributed by atoms with E-state index in [1.54, 1.807) is 0 Å². The van der Waals surface area contributed by atoms with E-state index in [-0.39, 0.29) is 0 Å². The zero-order chi connectivity index (χ0) is 8.55. The van der Waals surface area contributed by atoms with Gasteiger partial charge in [-0.15, -0.1) is 0 Å². The molecule has 1 aliphatic carbocycles. The molecular weight excluding hydrogens is 150 g/mol. The van der Waals surface area contributed by atoms with E-state index in [0.29, 0.717) is 5.92 Å². The first-order chi connectivity index (χ1) is 5.81. The van der Waals surface area contributed by atoms with E-state index in [1.807, 2.05) is 17.9 Å². The van der Waals surface area contributed by atoms with Crippen LogP contribution in [0.4, 0.5) is 0 Å². The zero-order valence-corrected chi connectivity index (χ0v) is 7.45. The molecule has 0 amide bonds. The number of rotatable bonds is 1. The van der Waals surface area contributed by atoms with E-state index in [1.165, 1.54) is 17.7 Å². The van der Waals surface area contributed by atoms with E-state index < -0.39 is 0 Å². The molecule has 1 heterocycles. The van der Waals surface area contributed by atoms with Crippen molar-refractivity contribution in [3.05, 3.63) is 17.5 Å². The van der Waals surface area contributed by atoms with Crippen LogP contribution in [-0.2, 0) is 19.9 Å². The van der Waals surface area contributed by atoms with Crippen LogP contribution in [0, 0.1) is 5.92 Å². The maximum Gasteiger partial charge on any atom is 0.0524 e. The molecule has 1 aromatic heterocycles. The molecule has 2 rings (SSSR count). The molecule has 2 N–H and O–H groups in total. The molecule has 0 aromatic carbocycles. The number of fused-ring (bicyclic) bond motifs is 1. The minimum Gasteiger partial charge on any atom is -0.330 e. The molecule has 1 unspecified atom stereocenters. The summed E-state index contributed by atoms with van der Waals surface area (Å²) in [5, 5.41) is 4.24. The molecular formula is C9H15N3. The second-order valence-corrected chi connectivity index (χ2v) is 3.58. The van der Waals surface area contributed by atoms with Crippen LogP contribution in [0.1, 0.15) is 17.7 Å². The second kappa shape index (κ2) is 2.90. The fourth-order valence-corrected chi connectivity index (χ4v) is 1.92. The molecule has 0 spiro atoms. The largest absolute Gasteiger partial charge is 0.330 e. The van der Waals surface area contributed by atoms with Gasteiger partial charge < -0.3 is 5.73 Å². The Morgan fingerprint density at radius 3 is 3.33 bits per heavy atom. The highest BCUT2D eigenvalue weighted by Gasteiger charge is 2.20. The van der Waals surface area contributed by atoms with Crippen LogP contribution < -0.4 is 5.73 Å². The lowest BCUT2D eigenvalue weighted by molar-refractivity contribution is 0.452. The number of hydrogen-bond donors (Lipinski definition) is 1. The first kappa shape index (κ1) is 7.80. The smallest absolute Gasteiger partial charge is 0.0524 e. The zero-order valence-electron chi connectivity index (χ0n) is 7.45. The average molecular weight is 165 g/mol. The summed E-state index contributed by atoms with van der Waals surface area (Å²) in [5.74, 6) is 0.674. The number of aromatic nitrogens is 2. The third kappa shape index (κ3) is 1.14. The molecule has 1 aliphatic rings. The second-order valence-electron chi connectivity index (χ2n) is 3.58. The van der Waals surface area contributed by atoms with Crippen molar-refractivity contribution in [1.29, 1.82) is 0 Å². The normalized spacial score (nSPS) is 22.3. The topological polar surface area (TPSA) is 43.8 Å². The highest BCUT2D eigenvalue weighted by molar-refractivity contribution is 5.21. The summed E-state index contributed by atoms with van der Waals surface area (Å²) in [7, 11) is 2.01. The standard InChI is InChI=1S/C9H15N3/c1-12-9-4-7(5-10)2-3-8(9)6-11-12/h6-7H,2-5,10H2,1H3. The van der Waals surface area contributed by atoms with Crippen LogP contribution in [0.25, 0.3) is 0 Å². The monoisotopic (exact) mass is 165 g/mol. The van der Waals surface area contributed by atoms with Gasteiger partial charge in [-0.1, -0.05) is 0 Å². The van der Waals surface area contributed by atoms with E-state index in [0.717, 1.165) is 19.4 Å². The van der Waals surface area contributed by atoms with Crippen molar-refractivity contribution in [2.75, 3.05) is 6.54 Å². The third-order valence-electron chi connectivity index (χ3n) is 2.79. The van der Waals surface area contributed by atoms with Gasteiger partial charge in [0.05, 0.1) is 6.20 Å². The van der Waals surface area contributed by atoms with Crippen LogP contribution in [-0.4, -0.2) is 16.3 Å². The highest BCUT2D eigenvalue weighted by atomic mass is 15.3. The Morgan fingerprint density at radius 1 is 1.75 bits per heavy atom. The summed E-state index contributed by atoms with van der Waals surface area (Å²) in [6.07, 6.45) is 5.49. The van der Waals surface area contributed by atoms with Crippen LogP contribution in [0.5, 0.6) is 0 Å². The van der Waals surface area contributed by atoms with Crippen LogP contribution >= 0.6 is 0 Å². The van der Waals surface area contributed by atoms with Gasteiger partial charge >= 0.3 is 0 Å². The highest BCUT2D eigenvalue weighted by Crippen LogP contribution is 2.23. The van der Waals surface area contributed by atoms with Crippen molar-refractivity contribution in [3.8, 4) is 0 Å². The van der Waals surface area contributed by atoms with Crippen LogP contribution in [0.3, 0.4) is 0 Å². The molecule has 66 valence electrons. The van der Waals surface area contributed by atoms with Gasteiger partial charge in [-0.05, 0) is 37.3 Å². The number of aryl methyl sites for hydroxylation is 2. The van der Waals surface area contributed by atoms with E-state index >= 15 is 0 Å². The Kier molecular flexibility index (Phi) is 1.89. The Hall–Kier alpha value is -0.830. The summed E-state index contributed by atoms with van der Waals surface area (Å²) >= 11 is 0. The Morgan fingerprint density at radius 2 is 2.58 bits per heavy atom. The minimum absolute atomic E-state index is 0.674. The number of nitrogens with zero attached hydrogens (tertiary/aromatic N) is 2. The van der Waals surface area contributed by atoms with Gasteiger partial charge in [-0.2, -0.15) is 5.10 Å². The van der Waals surface area contributed by atoms with Crippen LogP contribution in [0.15, 0.2) is 6.20 Å². The molecule has 0 fully saturated rings. The lowest BCUT2D eigenvalue weighted by atomic mass is 9.88.